The second kappa shape index (κ2) is 5.43. The lowest BCUT2D eigenvalue weighted by Gasteiger charge is -2.40. The molecular weight excluding hydrogens is 234 g/mol. The summed E-state index contributed by atoms with van der Waals surface area (Å²) in [6.07, 6.45) is 0.997. The van der Waals surface area contributed by atoms with Gasteiger partial charge in [0.05, 0.1) is 12.5 Å². The molecule has 1 unspecified atom stereocenters. The number of hydrogen-bond donors (Lipinski definition) is 1. The van der Waals surface area contributed by atoms with E-state index in [4.69, 9.17) is 5.11 Å². The second-order valence-electron chi connectivity index (χ2n) is 4.90. The Morgan fingerprint density at radius 3 is 2.89 bits per heavy atom. The molecule has 7 heteroatoms. The predicted molar refractivity (Wildman–Crippen MR) is 63.7 cm³/mol. The van der Waals surface area contributed by atoms with Crippen molar-refractivity contribution >= 4 is 5.97 Å². The summed E-state index contributed by atoms with van der Waals surface area (Å²) in [6.45, 7) is 7.00. The number of tetrazole rings is 1. The number of carboxylic acids is 1. The van der Waals surface area contributed by atoms with E-state index in [1.54, 1.807) is 6.92 Å². The Hall–Kier alpha value is -1.50. The summed E-state index contributed by atoms with van der Waals surface area (Å²) in [5.41, 5.74) is 0. The average molecular weight is 253 g/mol. The first-order valence-corrected chi connectivity index (χ1v) is 6.32. The third kappa shape index (κ3) is 2.66. The fourth-order valence-electron chi connectivity index (χ4n) is 2.18. The number of aliphatic carboxylic acids is 1. The standard InChI is InChI=1S/C11H19N5O2/c1-3-4-16-10(12-13-14-16)7-15-5-9(6-15)8(2)11(17)18/h8-9H,3-7H2,1-2H3,(H,17,18). The van der Waals surface area contributed by atoms with Crippen LogP contribution in [0.4, 0.5) is 0 Å². The van der Waals surface area contributed by atoms with Gasteiger partial charge in [-0.05, 0) is 22.8 Å². The van der Waals surface area contributed by atoms with Crippen LogP contribution in [0.5, 0.6) is 0 Å². The van der Waals surface area contributed by atoms with Crippen molar-refractivity contribution in [3.8, 4) is 0 Å². The summed E-state index contributed by atoms with van der Waals surface area (Å²) < 4.78 is 1.81. The van der Waals surface area contributed by atoms with Gasteiger partial charge in [-0.3, -0.25) is 9.69 Å². The van der Waals surface area contributed by atoms with Crippen molar-refractivity contribution in [3.05, 3.63) is 5.82 Å². The highest BCUT2D eigenvalue weighted by atomic mass is 16.4. The zero-order valence-electron chi connectivity index (χ0n) is 10.8. The Morgan fingerprint density at radius 1 is 1.56 bits per heavy atom. The van der Waals surface area contributed by atoms with Gasteiger partial charge >= 0.3 is 5.97 Å². The summed E-state index contributed by atoms with van der Waals surface area (Å²) in [5.74, 6) is 0.125. The molecule has 0 aliphatic carbocycles. The molecule has 0 aromatic carbocycles. The average Bonchev–Trinajstić information content (AvgIpc) is 2.70. The highest BCUT2D eigenvalue weighted by Crippen LogP contribution is 2.25. The summed E-state index contributed by atoms with van der Waals surface area (Å²) in [5, 5.41) is 20.5. The SMILES string of the molecule is CCCn1nnnc1CN1CC(C(C)C(=O)O)C1. The first-order chi connectivity index (χ1) is 8.61. The van der Waals surface area contributed by atoms with Gasteiger partial charge in [-0.1, -0.05) is 13.8 Å². The molecule has 1 saturated heterocycles. The van der Waals surface area contributed by atoms with Crippen LogP contribution >= 0.6 is 0 Å². The number of hydrogen-bond acceptors (Lipinski definition) is 5. The molecule has 1 fully saturated rings. The van der Waals surface area contributed by atoms with Gasteiger partial charge < -0.3 is 5.11 Å². The lowest BCUT2D eigenvalue weighted by Crippen LogP contribution is -2.50. The summed E-state index contributed by atoms with van der Waals surface area (Å²) in [7, 11) is 0. The van der Waals surface area contributed by atoms with Gasteiger partial charge in [-0.15, -0.1) is 5.10 Å². The van der Waals surface area contributed by atoms with Crippen molar-refractivity contribution in [1.82, 2.24) is 25.1 Å². The van der Waals surface area contributed by atoms with Gasteiger partial charge in [0, 0.05) is 19.6 Å². The molecule has 1 N–H and O–H groups in total. The Bertz CT molecular complexity index is 413. The molecule has 0 bridgehead atoms. The van der Waals surface area contributed by atoms with Crippen molar-refractivity contribution in [2.24, 2.45) is 11.8 Å². The number of rotatable bonds is 6. The highest BCUT2D eigenvalue weighted by molar-refractivity contribution is 5.70. The van der Waals surface area contributed by atoms with E-state index in [-0.39, 0.29) is 11.8 Å². The Balaban J connectivity index is 1.83. The van der Waals surface area contributed by atoms with Crippen molar-refractivity contribution in [2.75, 3.05) is 13.1 Å². The summed E-state index contributed by atoms with van der Waals surface area (Å²) in [4.78, 5) is 13.0. The first kappa shape index (κ1) is 12.9. The van der Waals surface area contributed by atoms with Crippen LogP contribution in [-0.2, 0) is 17.9 Å². The molecule has 2 rings (SSSR count). The molecule has 1 aromatic heterocycles. The van der Waals surface area contributed by atoms with Crippen molar-refractivity contribution < 1.29 is 9.90 Å². The number of carbonyl (C=O) groups is 1. The van der Waals surface area contributed by atoms with E-state index in [9.17, 15) is 4.79 Å². The maximum absolute atomic E-state index is 10.8. The molecular formula is C11H19N5O2. The van der Waals surface area contributed by atoms with Gasteiger partial charge in [0.15, 0.2) is 5.82 Å². The Kier molecular flexibility index (Phi) is 3.90. The van der Waals surface area contributed by atoms with E-state index < -0.39 is 5.97 Å². The number of aromatic nitrogens is 4. The van der Waals surface area contributed by atoms with Crippen LogP contribution in [-0.4, -0.2) is 49.3 Å². The molecule has 0 amide bonds. The third-order valence-electron chi connectivity index (χ3n) is 3.49. The van der Waals surface area contributed by atoms with Crippen LogP contribution in [0.15, 0.2) is 0 Å². The van der Waals surface area contributed by atoms with Crippen LogP contribution < -0.4 is 0 Å². The van der Waals surface area contributed by atoms with E-state index in [1.807, 2.05) is 4.68 Å². The molecule has 1 aliphatic rings. The van der Waals surface area contributed by atoms with Crippen LogP contribution in [0.25, 0.3) is 0 Å². The van der Waals surface area contributed by atoms with Gasteiger partial charge in [0.25, 0.3) is 0 Å². The maximum atomic E-state index is 10.8. The summed E-state index contributed by atoms with van der Waals surface area (Å²) in [6, 6.07) is 0. The minimum absolute atomic E-state index is 0.248. The molecule has 0 radical (unpaired) electrons. The van der Waals surface area contributed by atoms with E-state index in [0.717, 1.165) is 31.9 Å². The minimum atomic E-state index is -0.713. The molecule has 100 valence electrons. The van der Waals surface area contributed by atoms with Crippen molar-refractivity contribution in [3.63, 3.8) is 0 Å². The second-order valence-corrected chi connectivity index (χ2v) is 4.90. The normalized spacial score (nSPS) is 18.6. The highest BCUT2D eigenvalue weighted by Gasteiger charge is 2.35. The zero-order chi connectivity index (χ0) is 13.1. The monoisotopic (exact) mass is 253 g/mol. The molecule has 7 nitrogen and oxygen atoms in total. The van der Waals surface area contributed by atoms with Gasteiger partial charge in [-0.2, -0.15) is 0 Å². The Labute approximate surface area is 106 Å². The zero-order valence-corrected chi connectivity index (χ0v) is 10.8. The first-order valence-electron chi connectivity index (χ1n) is 6.32. The number of likely N-dealkylation sites (tertiary alicyclic amines) is 1. The topological polar surface area (TPSA) is 84.1 Å². The minimum Gasteiger partial charge on any atom is -0.481 e. The van der Waals surface area contributed by atoms with Gasteiger partial charge in [-0.25, -0.2) is 4.68 Å². The number of aryl methyl sites for hydroxylation is 1. The van der Waals surface area contributed by atoms with Crippen molar-refractivity contribution in [2.45, 2.75) is 33.4 Å². The third-order valence-corrected chi connectivity index (χ3v) is 3.49. The van der Waals surface area contributed by atoms with E-state index in [2.05, 4.69) is 27.3 Å². The quantitative estimate of drug-likeness (QED) is 0.781. The van der Waals surface area contributed by atoms with Crippen LogP contribution in [0.1, 0.15) is 26.1 Å². The van der Waals surface area contributed by atoms with E-state index in [0.29, 0.717) is 6.54 Å². The fraction of sp³-hybridized carbons (Fsp3) is 0.818. The molecule has 0 saturated carbocycles. The molecule has 1 aliphatic heterocycles. The van der Waals surface area contributed by atoms with Crippen LogP contribution in [0, 0.1) is 11.8 Å². The predicted octanol–water partition coefficient (Wildman–Crippen LogP) is 0.236. The molecule has 2 heterocycles. The lowest BCUT2D eigenvalue weighted by molar-refractivity contribution is -0.145. The number of nitrogens with zero attached hydrogens (tertiary/aromatic N) is 5. The van der Waals surface area contributed by atoms with E-state index >= 15 is 0 Å². The van der Waals surface area contributed by atoms with Crippen molar-refractivity contribution in [1.29, 1.82) is 0 Å². The smallest absolute Gasteiger partial charge is 0.306 e. The van der Waals surface area contributed by atoms with E-state index in [1.165, 1.54) is 0 Å². The Morgan fingerprint density at radius 2 is 2.28 bits per heavy atom. The molecule has 1 aromatic rings. The maximum Gasteiger partial charge on any atom is 0.306 e. The molecule has 0 spiro atoms. The number of carboxylic acid groups (broad SMARTS) is 1. The fourth-order valence-corrected chi connectivity index (χ4v) is 2.18. The summed E-state index contributed by atoms with van der Waals surface area (Å²) >= 11 is 0. The lowest BCUT2D eigenvalue weighted by atomic mass is 9.87. The van der Waals surface area contributed by atoms with Crippen LogP contribution in [0.2, 0.25) is 0 Å². The van der Waals surface area contributed by atoms with Gasteiger partial charge in [0.1, 0.15) is 0 Å². The van der Waals surface area contributed by atoms with Gasteiger partial charge in [0.2, 0.25) is 0 Å². The molecule has 1 atom stereocenters. The molecule has 18 heavy (non-hydrogen) atoms. The van der Waals surface area contributed by atoms with Crippen LogP contribution in [0.3, 0.4) is 0 Å². The largest absolute Gasteiger partial charge is 0.481 e.